The van der Waals surface area contributed by atoms with Crippen LogP contribution in [0.3, 0.4) is 0 Å². The van der Waals surface area contributed by atoms with Crippen molar-refractivity contribution < 1.29 is 4.52 Å². The average molecular weight is 250 g/mol. The second-order valence-corrected chi connectivity index (χ2v) is 5.44. The third kappa shape index (κ3) is 2.90. The van der Waals surface area contributed by atoms with Crippen molar-refractivity contribution in [3.8, 4) is 0 Å². The number of aromatic nitrogens is 2. The monoisotopic (exact) mass is 250 g/mol. The lowest BCUT2D eigenvalue weighted by Crippen LogP contribution is -2.35. The van der Waals surface area contributed by atoms with Gasteiger partial charge in [0.2, 0.25) is 5.89 Å². The second-order valence-electron chi connectivity index (χ2n) is 5.44. The zero-order valence-corrected chi connectivity index (χ0v) is 10.8. The molecule has 0 amide bonds. The predicted octanol–water partition coefficient (Wildman–Crippen LogP) is 1.22. The molecule has 100 valence electrons. The molecule has 5 heteroatoms. The topological polar surface area (TPSA) is 63.0 Å². The van der Waals surface area contributed by atoms with Crippen molar-refractivity contribution in [2.24, 2.45) is 0 Å². The first-order valence-corrected chi connectivity index (χ1v) is 7.18. The van der Waals surface area contributed by atoms with Crippen molar-refractivity contribution in [2.45, 2.75) is 50.5 Å². The normalized spacial score (nSPS) is 29.3. The molecule has 2 atom stereocenters. The third-order valence-corrected chi connectivity index (χ3v) is 3.97. The molecule has 0 spiro atoms. The van der Waals surface area contributed by atoms with E-state index in [1.54, 1.807) is 0 Å². The lowest BCUT2D eigenvalue weighted by molar-refractivity contribution is 0.318. The molecule has 2 aliphatic heterocycles. The Hall–Kier alpha value is -0.940. The first-order valence-electron chi connectivity index (χ1n) is 7.18. The fourth-order valence-electron chi connectivity index (χ4n) is 2.90. The fraction of sp³-hybridized carbons (Fsp3) is 0.846. The van der Waals surface area contributed by atoms with Gasteiger partial charge in [0.1, 0.15) is 0 Å². The minimum atomic E-state index is 0.416. The molecule has 2 fully saturated rings. The van der Waals surface area contributed by atoms with Gasteiger partial charge in [0.25, 0.3) is 0 Å². The van der Waals surface area contributed by atoms with E-state index in [1.165, 1.54) is 25.7 Å². The summed E-state index contributed by atoms with van der Waals surface area (Å²) in [4.78, 5) is 4.57. The van der Waals surface area contributed by atoms with E-state index in [-0.39, 0.29) is 0 Å². The minimum absolute atomic E-state index is 0.416. The molecule has 18 heavy (non-hydrogen) atoms. The van der Waals surface area contributed by atoms with Gasteiger partial charge in [-0.25, -0.2) is 0 Å². The van der Waals surface area contributed by atoms with Gasteiger partial charge in [0.15, 0.2) is 5.82 Å². The SMILES string of the molecule is C1CCC(Cc2noc(C3CCCNC3)n2)NC1. The number of hydrogen-bond acceptors (Lipinski definition) is 5. The maximum absolute atomic E-state index is 5.42. The van der Waals surface area contributed by atoms with Gasteiger partial charge in [-0.2, -0.15) is 4.98 Å². The molecule has 0 radical (unpaired) electrons. The van der Waals surface area contributed by atoms with Crippen LogP contribution in [0.5, 0.6) is 0 Å². The predicted molar refractivity (Wildman–Crippen MR) is 68.5 cm³/mol. The van der Waals surface area contributed by atoms with Crippen molar-refractivity contribution in [1.82, 2.24) is 20.8 Å². The highest BCUT2D eigenvalue weighted by Crippen LogP contribution is 2.22. The number of hydrogen-bond donors (Lipinski definition) is 2. The summed E-state index contributed by atoms with van der Waals surface area (Å²) in [6.45, 7) is 3.22. The summed E-state index contributed by atoms with van der Waals surface area (Å²) in [6, 6.07) is 0.536. The van der Waals surface area contributed by atoms with E-state index >= 15 is 0 Å². The molecular formula is C13H22N4O. The van der Waals surface area contributed by atoms with Crippen LogP contribution >= 0.6 is 0 Å². The summed E-state index contributed by atoms with van der Waals surface area (Å²) in [6.07, 6.45) is 7.11. The Morgan fingerprint density at radius 3 is 2.94 bits per heavy atom. The number of piperidine rings is 2. The van der Waals surface area contributed by atoms with Crippen molar-refractivity contribution >= 4 is 0 Å². The van der Waals surface area contributed by atoms with Gasteiger partial charge in [-0.05, 0) is 38.8 Å². The van der Waals surface area contributed by atoms with Crippen molar-refractivity contribution in [1.29, 1.82) is 0 Å². The van der Waals surface area contributed by atoms with Crippen molar-refractivity contribution in [3.63, 3.8) is 0 Å². The van der Waals surface area contributed by atoms with Crippen molar-refractivity contribution in [2.75, 3.05) is 19.6 Å². The highest BCUT2D eigenvalue weighted by molar-refractivity contribution is 4.98. The summed E-state index contributed by atoms with van der Waals surface area (Å²) in [5.74, 6) is 2.11. The van der Waals surface area contributed by atoms with Crippen LogP contribution in [0.1, 0.15) is 49.7 Å². The molecule has 0 saturated carbocycles. The molecule has 1 aromatic heterocycles. The number of rotatable bonds is 3. The van der Waals surface area contributed by atoms with E-state index in [0.29, 0.717) is 12.0 Å². The number of nitrogens with one attached hydrogen (secondary N) is 2. The summed E-state index contributed by atoms with van der Waals surface area (Å²) in [7, 11) is 0. The van der Waals surface area contributed by atoms with E-state index < -0.39 is 0 Å². The van der Waals surface area contributed by atoms with E-state index in [0.717, 1.165) is 44.2 Å². The first kappa shape index (κ1) is 12.1. The van der Waals surface area contributed by atoms with Gasteiger partial charge < -0.3 is 15.2 Å². The molecule has 0 aromatic carbocycles. The maximum Gasteiger partial charge on any atom is 0.231 e. The summed E-state index contributed by atoms with van der Waals surface area (Å²) >= 11 is 0. The highest BCUT2D eigenvalue weighted by Gasteiger charge is 2.22. The van der Waals surface area contributed by atoms with E-state index in [1.807, 2.05) is 0 Å². The van der Waals surface area contributed by atoms with Crippen LogP contribution in [0, 0.1) is 0 Å². The van der Waals surface area contributed by atoms with Gasteiger partial charge >= 0.3 is 0 Å². The summed E-state index contributed by atoms with van der Waals surface area (Å²) in [5, 5.41) is 11.0. The maximum atomic E-state index is 5.42. The first-order chi connectivity index (χ1) is 8.92. The van der Waals surface area contributed by atoms with Crippen LogP contribution in [0.4, 0.5) is 0 Å². The lowest BCUT2D eigenvalue weighted by atomic mass is 9.99. The molecule has 2 unspecified atom stereocenters. The van der Waals surface area contributed by atoms with Crippen LogP contribution in [0.25, 0.3) is 0 Å². The van der Waals surface area contributed by atoms with Crippen LogP contribution in [0.15, 0.2) is 4.52 Å². The fourth-order valence-corrected chi connectivity index (χ4v) is 2.90. The smallest absolute Gasteiger partial charge is 0.231 e. The Bertz CT molecular complexity index is 367. The van der Waals surface area contributed by atoms with Gasteiger partial charge in [0, 0.05) is 19.0 Å². The quantitative estimate of drug-likeness (QED) is 0.844. The van der Waals surface area contributed by atoms with E-state index in [9.17, 15) is 0 Å². The molecule has 0 aliphatic carbocycles. The van der Waals surface area contributed by atoms with Crippen LogP contribution < -0.4 is 10.6 Å². The van der Waals surface area contributed by atoms with Gasteiger partial charge in [-0.1, -0.05) is 11.6 Å². The molecule has 5 nitrogen and oxygen atoms in total. The molecular weight excluding hydrogens is 228 g/mol. The number of nitrogens with zero attached hydrogens (tertiary/aromatic N) is 2. The Morgan fingerprint density at radius 2 is 2.17 bits per heavy atom. The third-order valence-electron chi connectivity index (χ3n) is 3.97. The molecule has 1 aromatic rings. The summed E-state index contributed by atoms with van der Waals surface area (Å²) in [5.41, 5.74) is 0. The van der Waals surface area contributed by atoms with E-state index in [4.69, 9.17) is 4.52 Å². The molecule has 3 heterocycles. The lowest BCUT2D eigenvalue weighted by Gasteiger charge is -2.21. The Balaban J connectivity index is 1.58. The average Bonchev–Trinajstić information content (AvgIpc) is 2.89. The molecule has 2 N–H and O–H groups in total. The van der Waals surface area contributed by atoms with Crippen LogP contribution in [-0.4, -0.2) is 35.8 Å². The Morgan fingerprint density at radius 1 is 1.17 bits per heavy atom. The highest BCUT2D eigenvalue weighted by atomic mass is 16.5. The van der Waals surface area contributed by atoms with Gasteiger partial charge in [-0.3, -0.25) is 0 Å². The minimum Gasteiger partial charge on any atom is -0.339 e. The zero-order chi connectivity index (χ0) is 12.2. The largest absolute Gasteiger partial charge is 0.339 e. The van der Waals surface area contributed by atoms with Gasteiger partial charge in [-0.15, -0.1) is 0 Å². The molecule has 2 aliphatic rings. The second kappa shape index (κ2) is 5.80. The molecule has 2 saturated heterocycles. The Kier molecular flexibility index (Phi) is 3.90. The van der Waals surface area contributed by atoms with Crippen LogP contribution in [0.2, 0.25) is 0 Å². The summed E-state index contributed by atoms with van der Waals surface area (Å²) < 4.78 is 5.42. The van der Waals surface area contributed by atoms with Gasteiger partial charge in [0.05, 0.1) is 5.92 Å². The molecule has 3 rings (SSSR count). The molecule has 0 bridgehead atoms. The standard InChI is InChI=1S/C13H22N4O/c1-2-7-15-11(5-1)8-12-16-13(18-17-12)10-4-3-6-14-9-10/h10-11,14-15H,1-9H2. The zero-order valence-electron chi connectivity index (χ0n) is 10.8. The van der Waals surface area contributed by atoms with Crippen molar-refractivity contribution in [3.05, 3.63) is 11.7 Å². The Labute approximate surface area is 108 Å². The van der Waals surface area contributed by atoms with Crippen LogP contribution in [-0.2, 0) is 6.42 Å². The van der Waals surface area contributed by atoms with E-state index in [2.05, 4.69) is 20.8 Å².